The number of hydrogen-bond acceptors (Lipinski definition) is 2. The highest BCUT2D eigenvalue weighted by molar-refractivity contribution is 6.06. The van der Waals surface area contributed by atoms with Crippen molar-refractivity contribution in [2.75, 3.05) is 6.61 Å². The van der Waals surface area contributed by atoms with Crippen LogP contribution in [0.2, 0.25) is 0 Å². The molecule has 0 aliphatic heterocycles. The topological polar surface area (TPSA) is 22.4 Å². The second-order valence-electron chi connectivity index (χ2n) is 5.97. The minimum atomic E-state index is -1.30. The molecule has 0 unspecified atom stereocenters. The molecule has 1 aromatic heterocycles. The van der Waals surface area contributed by atoms with Crippen molar-refractivity contribution in [2.24, 2.45) is 0 Å². The lowest BCUT2D eigenvalue weighted by Crippen LogP contribution is -2.00. The minimum Gasteiger partial charge on any atom is -0.490 e. The molecule has 0 fully saturated rings. The highest BCUT2D eigenvalue weighted by atomic mass is 19.2. The molecule has 0 saturated carbocycles. The van der Waals surface area contributed by atoms with E-state index in [9.17, 15) is 17.6 Å². The number of rotatable bonds is 6. The van der Waals surface area contributed by atoms with Gasteiger partial charge < -0.3 is 9.15 Å². The van der Waals surface area contributed by atoms with E-state index in [1.54, 1.807) is 0 Å². The van der Waals surface area contributed by atoms with Gasteiger partial charge in [0.2, 0.25) is 5.82 Å². The Labute approximate surface area is 142 Å². The number of halogens is 4. The molecule has 0 aliphatic carbocycles. The smallest absolute Gasteiger partial charge is 0.201 e. The van der Waals surface area contributed by atoms with Crippen LogP contribution in [0.4, 0.5) is 17.6 Å². The number of hydrogen-bond donors (Lipinski definition) is 0. The van der Waals surface area contributed by atoms with Crippen molar-refractivity contribution in [1.82, 2.24) is 0 Å². The predicted octanol–water partition coefficient (Wildman–Crippen LogP) is 6.27. The molecule has 6 heteroatoms. The van der Waals surface area contributed by atoms with Gasteiger partial charge in [-0.3, -0.25) is 0 Å². The molecule has 0 spiro atoms. The van der Waals surface area contributed by atoms with Crippen molar-refractivity contribution < 1.29 is 26.7 Å². The largest absolute Gasteiger partial charge is 0.490 e. The van der Waals surface area contributed by atoms with Gasteiger partial charge >= 0.3 is 0 Å². The van der Waals surface area contributed by atoms with Crippen LogP contribution in [-0.4, -0.2) is 6.61 Å². The van der Waals surface area contributed by atoms with Gasteiger partial charge in [-0.25, -0.2) is 13.2 Å². The molecule has 2 aromatic carbocycles. The molecule has 134 valence electrons. The van der Waals surface area contributed by atoms with Gasteiger partial charge in [-0.2, -0.15) is 4.39 Å². The fourth-order valence-electron chi connectivity index (χ4n) is 2.86. The first-order valence-electron chi connectivity index (χ1n) is 8.33. The first-order valence-corrected chi connectivity index (χ1v) is 8.33. The Morgan fingerprint density at radius 1 is 0.840 bits per heavy atom. The molecule has 3 aromatic rings. The van der Waals surface area contributed by atoms with Crippen molar-refractivity contribution in [3.8, 4) is 5.75 Å². The zero-order valence-electron chi connectivity index (χ0n) is 14.0. The highest BCUT2D eigenvalue weighted by Crippen LogP contribution is 2.38. The zero-order valence-corrected chi connectivity index (χ0v) is 14.0. The average molecular weight is 354 g/mol. The van der Waals surface area contributed by atoms with E-state index in [0.29, 0.717) is 19.3 Å². The van der Waals surface area contributed by atoms with Crippen LogP contribution >= 0.6 is 0 Å². The quantitative estimate of drug-likeness (QED) is 0.384. The SMILES string of the molecule is CCCCOc1cc2oc3cc(CCC)c(F)c(F)c3c2c(F)c1F. The van der Waals surface area contributed by atoms with Crippen LogP contribution in [0, 0.1) is 23.3 Å². The maximum atomic E-state index is 14.5. The number of furan rings is 1. The summed E-state index contributed by atoms with van der Waals surface area (Å²) < 4.78 is 68.1. The van der Waals surface area contributed by atoms with Crippen molar-refractivity contribution >= 4 is 21.9 Å². The molecule has 0 amide bonds. The van der Waals surface area contributed by atoms with E-state index in [2.05, 4.69) is 0 Å². The Morgan fingerprint density at radius 3 is 2.12 bits per heavy atom. The molecule has 25 heavy (non-hydrogen) atoms. The summed E-state index contributed by atoms with van der Waals surface area (Å²) >= 11 is 0. The van der Waals surface area contributed by atoms with Gasteiger partial charge in [0, 0.05) is 6.07 Å². The molecule has 0 aliphatic rings. The second kappa shape index (κ2) is 6.94. The minimum absolute atomic E-state index is 0.0126. The molecule has 0 bridgehead atoms. The van der Waals surface area contributed by atoms with Crippen LogP contribution < -0.4 is 4.74 Å². The van der Waals surface area contributed by atoms with Crippen molar-refractivity contribution in [2.45, 2.75) is 39.5 Å². The van der Waals surface area contributed by atoms with Gasteiger partial charge in [-0.05, 0) is 24.5 Å². The summed E-state index contributed by atoms with van der Waals surface area (Å²) in [6.45, 7) is 3.99. The fraction of sp³-hybridized carbons (Fsp3) is 0.368. The molecule has 0 saturated heterocycles. The lowest BCUT2D eigenvalue weighted by atomic mass is 10.0. The normalized spacial score (nSPS) is 11.6. The summed E-state index contributed by atoms with van der Waals surface area (Å²) in [5.41, 5.74) is 0.0561. The van der Waals surface area contributed by atoms with Crippen LogP contribution in [-0.2, 0) is 6.42 Å². The predicted molar refractivity (Wildman–Crippen MR) is 88.0 cm³/mol. The fourth-order valence-corrected chi connectivity index (χ4v) is 2.86. The van der Waals surface area contributed by atoms with Crippen molar-refractivity contribution in [3.05, 3.63) is 41.0 Å². The molecule has 0 radical (unpaired) electrons. The van der Waals surface area contributed by atoms with E-state index in [1.165, 1.54) is 12.1 Å². The van der Waals surface area contributed by atoms with Gasteiger partial charge in [0.25, 0.3) is 0 Å². The third kappa shape index (κ3) is 2.94. The monoisotopic (exact) mass is 354 g/mol. The van der Waals surface area contributed by atoms with E-state index in [-0.39, 0.29) is 34.5 Å². The first kappa shape index (κ1) is 17.6. The number of ether oxygens (including phenoxy) is 1. The number of benzene rings is 2. The molecule has 1 heterocycles. The van der Waals surface area contributed by atoms with Crippen LogP contribution in [0.5, 0.6) is 5.75 Å². The van der Waals surface area contributed by atoms with Crippen LogP contribution in [0.25, 0.3) is 21.9 Å². The lowest BCUT2D eigenvalue weighted by molar-refractivity contribution is 0.289. The first-order chi connectivity index (χ1) is 12.0. The molecular weight excluding hydrogens is 336 g/mol. The Balaban J connectivity index is 2.23. The van der Waals surface area contributed by atoms with Gasteiger partial charge in [-0.15, -0.1) is 0 Å². The van der Waals surface area contributed by atoms with Gasteiger partial charge in [0.05, 0.1) is 17.4 Å². The molecule has 0 atom stereocenters. The van der Waals surface area contributed by atoms with Gasteiger partial charge in [0.15, 0.2) is 23.2 Å². The van der Waals surface area contributed by atoms with E-state index >= 15 is 0 Å². The third-order valence-electron chi connectivity index (χ3n) is 4.13. The summed E-state index contributed by atoms with van der Waals surface area (Å²) in [4.78, 5) is 0. The average Bonchev–Trinajstić information content (AvgIpc) is 2.95. The lowest BCUT2D eigenvalue weighted by Gasteiger charge is -2.07. The molecule has 3 rings (SSSR count). The maximum Gasteiger partial charge on any atom is 0.201 e. The van der Waals surface area contributed by atoms with Crippen molar-refractivity contribution in [1.29, 1.82) is 0 Å². The standard InChI is InChI=1S/C19H18F4O2/c1-3-5-7-24-13-9-12-15(19(23)17(13)21)14-11(25-12)8-10(6-4-2)16(20)18(14)22/h8-9H,3-7H2,1-2H3. The van der Waals surface area contributed by atoms with Crippen molar-refractivity contribution in [3.63, 3.8) is 0 Å². The summed E-state index contributed by atoms with van der Waals surface area (Å²) in [6, 6.07) is 2.52. The summed E-state index contributed by atoms with van der Waals surface area (Å²) in [5, 5.41) is -0.793. The molecule has 2 nitrogen and oxygen atoms in total. The van der Waals surface area contributed by atoms with E-state index in [0.717, 1.165) is 6.42 Å². The Bertz CT molecular complexity index is 931. The van der Waals surface area contributed by atoms with E-state index in [4.69, 9.17) is 9.15 Å². The Morgan fingerprint density at radius 2 is 1.48 bits per heavy atom. The Kier molecular flexibility index (Phi) is 4.88. The maximum absolute atomic E-state index is 14.5. The number of unbranched alkanes of at least 4 members (excludes halogenated alkanes) is 1. The summed E-state index contributed by atoms with van der Waals surface area (Å²) in [7, 11) is 0. The summed E-state index contributed by atoms with van der Waals surface area (Å²) in [6.07, 6.45) is 2.44. The van der Waals surface area contributed by atoms with E-state index in [1.807, 2.05) is 13.8 Å². The number of fused-ring (bicyclic) bond motifs is 3. The van der Waals surface area contributed by atoms with E-state index < -0.39 is 28.7 Å². The zero-order chi connectivity index (χ0) is 18.1. The Hall–Kier alpha value is -2.24. The molecule has 0 N–H and O–H groups in total. The van der Waals surface area contributed by atoms with Crippen LogP contribution in [0.1, 0.15) is 38.7 Å². The van der Waals surface area contributed by atoms with Gasteiger partial charge in [0.1, 0.15) is 11.2 Å². The summed E-state index contributed by atoms with van der Waals surface area (Å²) in [5.74, 6) is -5.11. The van der Waals surface area contributed by atoms with Crippen LogP contribution in [0.3, 0.4) is 0 Å². The second-order valence-corrected chi connectivity index (χ2v) is 5.97. The van der Waals surface area contributed by atoms with Crippen LogP contribution in [0.15, 0.2) is 16.5 Å². The third-order valence-corrected chi connectivity index (χ3v) is 4.13. The number of aryl methyl sites for hydroxylation is 1. The highest BCUT2D eigenvalue weighted by Gasteiger charge is 2.25. The van der Waals surface area contributed by atoms with Gasteiger partial charge in [-0.1, -0.05) is 26.7 Å². The molecular formula is C19H18F4O2.